The van der Waals surface area contributed by atoms with Gasteiger partial charge >= 0.3 is 0 Å². The Morgan fingerprint density at radius 3 is 2.80 bits per heavy atom. The summed E-state index contributed by atoms with van der Waals surface area (Å²) in [4.78, 5) is 16.1. The molecular formula is C9H10Cl2N2O2. The van der Waals surface area contributed by atoms with E-state index >= 15 is 0 Å². The van der Waals surface area contributed by atoms with Gasteiger partial charge in [0.25, 0.3) is 5.91 Å². The van der Waals surface area contributed by atoms with Gasteiger partial charge in [0.1, 0.15) is 10.8 Å². The van der Waals surface area contributed by atoms with Gasteiger partial charge in [0.05, 0.1) is 11.1 Å². The van der Waals surface area contributed by atoms with Gasteiger partial charge in [-0.25, -0.2) is 0 Å². The molecular weight excluding hydrogens is 239 g/mol. The van der Waals surface area contributed by atoms with Gasteiger partial charge in [-0.3, -0.25) is 4.79 Å². The smallest absolute Gasteiger partial charge is 0.270 e. The maximum Gasteiger partial charge on any atom is 0.270 e. The zero-order valence-electron chi connectivity index (χ0n) is 7.83. The van der Waals surface area contributed by atoms with Crippen LogP contribution in [0.4, 0.5) is 0 Å². The third-order valence-corrected chi connectivity index (χ3v) is 3.10. The molecule has 1 aliphatic heterocycles. The molecule has 1 fully saturated rings. The molecule has 0 unspecified atom stereocenters. The summed E-state index contributed by atoms with van der Waals surface area (Å²) in [6.45, 7) is 0.932. The molecule has 0 spiro atoms. The third kappa shape index (κ3) is 2.12. The molecule has 0 aliphatic carbocycles. The maximum absolute atomic E-state index is 11.8. The minimum atomic E-state index is -0.421. The molecule has 1 atom stereocenters. The summed E-state index contributed by atoms with van der Waals surface area (Å²) >= 11 is 11.4. The van der Waals surface area contributed by atoms with Gasteiger partial charge in [-0.05, 0) is 12.5 Å². The molecule has 2 rings (SSSR count). The lowest BCUT2D eigenvalue weighted by Crippen LogP contribution is -2.29. The fraction of sp³-hybridized carbons (Fsp3) is 0.444. The number of halogens is 2. The molecule has 0 bridgehead atoms. The first-order chi connectivity index (χ1) is 7.08. The monoisotopic (exact) mass is 248 g/mol. The Balaban J connectivity index is 2.14. The van der Waals surface area contributed by atoms with Crippen molar-refractivity contribution in [3.05, 3.63) is 21.9 Å². The lowest BCUT2D eigenvalue weighted by atomic mass is 10.3. The molecule has 4 nitrogen and oxygen atoms in total. The van der Waals surface area contributed by atoms with E-state index < -0.39 is 6.10 Å². The Hall–Kier alpha value is -0.710. The highest BCUT2D eigenvalue weighted by Gasteiger charge is 2.26. The third-order valence-electron chi connectivity index (χ3n) is 2.41. The number of H-pyrrole nitrogens is 1. The van der Waals surface area contributed by atoms with Crippen LogP contribution in [0, 0.1) is 0 Å². The summed E-state index contributed by atoms with van der Waals surface area (Å²) in [6, 6.07) is 1.50. The standard InChI is InChI=1S/C9H10Cl2N2O2/c10-6-3-7(12-8(6)11)9(15)13-2-1-5(14)4-13/h3,5,12,14H,1-2,4H2/t5-/m0/s1. The number of aliphatic hydroxyl groups is 1. The molecule has 0 aromatic carbocycles. The number of carbonyl (C=O) groups is 1. The molecule has 1 aromatic heterocycles. The first kappa shape index (κ1) is 10.8. The summed E-state index contributed by atoms with van der Waals surface area (Å²) in [5.41, 5.74) is 0.360. The number of hydrogen-bond donors (Lipinski definition) is 2. The van der Waals surface area contributed by atoms with Crippen molar-refractivity contribution in [1.82, 2.24) is 9.88 Å². The van der Waals surface area contributed by atoms with Crippen molar-refractivity contribution in [2.45, 2.75) is 12.5 Å². The maximum atomic E-state index is 11.8. The molecule has 2 N–H and O–H groups in total. The normalized spacial score (nSPS) is 21.0. The van der Waals surface area contributed by atoms with E-state index in [1.807, 2.05) is 0 Å². The van der Waals surface area contributed by atoms with E-state index in [2.05, 4.69) is 4.98 Å². The largest absolute Gasteiger partial charge is 0.391 e. The van der Waals surface area contributed by atoms with Crippen LogP contribution in [0.15, 0.2) is 6.07 Å². The van der Waals surface area contributed by atoms with E-state index in [1.165, 1.54) is 6.07 Å². The fourth-order valence-corrected chi connectivity index (χ4v) is 1.93. The number of aromatic nitrogens is 1. The highest BCUT2D eigenvalue weighted by molar-refractivity contribution is 6.41. The predicted molar refractivity (Wildman–Crippen MR) is 57.3 cm³/mol. The number of carbonyl (C=O) groups excluding carboxylic acids is 1. The minimum absolute atomic E-state index is 0.180. The molecule has 6 heteroatoms. The number of amides is 1. The van der Waals surface area contributed by atoms with Crippen molar-refractivity contribution >= 4 is 29.1 Å². The number of aliphatic hydroxyl groups excluding tert-OH is 1. The average Bonchev–Trinajstić information content (AvgIpc) is 2.74. The Morgan fingerprint density at radius 1 is 1.60 bits per heavy atom. The number of rotatable bonds is 1. The van der Waals surface area contributed by atoms with Crippen LogP contribution in [-0.2, 0) is 0 Å². The van der Waals surface area contributed by atoms with Gasteiger partial charge in [-0.1, -0.05) is 23.2 Å². The van der Waals surface area contributed by atoms with Gasteiger partial charge in [0.2, 0.25) is 0 Å². The molecule has 0 radical (unpaired) electrons. The van der Waals surface area contributed by atoms with Gasteiger partial charge in [0, 0.05) is 13.1 Å². The van der Waals surface area contributed by atoms with Gasteiger partial charge < -0.3 is 15.0 Å². The molecule has 82 valence electrons. The van der Waals surface area contributed by atoms with Crippen molar-refractivity contribution in [2.24, 2.45) is 0 Å². The van der Waals surface area contributed by atoms with Crippen LogP contribution in [-0.4, -0.2) is 40.1 Å². The second-order valence-electron chi connectivity index (χ2n) is 3.54. The molecule has 0 saturated carbocycles. The van der Waals surface area contributed by atoms with E-state index in [4.69, 9.17) is 23.2 Å². The number of β-amino-alcohol motifs (C(OH)–C–C–N with tert-alkyl or cyclic N) is 1. The first-order valence-corrected chi connectivity index (χ1v) is 5.35. The molecule has 2 heterocycles. The summed E-state index contributed by atoms with van der Waals surface area (Å²) in [7, 11) is 0. The molecule has 1 amide bonds. The van der Waals surface area contributed by atoms with Crippen LogP contribution in [0.5, 0.6) is 0 Å². The lowest BCUT2D eigenvalue weighted by Gasteiger charge is -2.13. The molecule has 1 aliphatic rings. The number of hydrogen-bond acceptors (Lipinski definition) is 2. The van der Waals surface area contributed by atoms with E-state index in [0.29, 0.717) is 30.2 Å². The quantitative estimate of drug-likeness (QED) is 0.792. The van der Waals surface area contributed by atoms with E-state index in [-0.39, 0.29) is 11.1 Å². The van der Waals surface area contributed by atoms with Crippen LogP contribution >= 0.6 is 23.2 Å². The van der Waals surface area contributed by atoms with Crippen molar-refractivity contribution in [3.63, 3.8) is 0 Å². The van der Waals surface area contributed by atoms with Gasteiger partial charge in [-0.2, -0.15) is 0 Å². The van der Waals surface area contributed by atoms with Crippen LogP contribution in [0.2, 0.25) is 10.2 Å². The van der Waals surface area contributed by atoms with Crippen LogP contribution in [0.25, 0.3) is 0 Å². The zero-order valence-corrected chi connectivity index (χ0v) is 9.35. The van der Waals surface area contributed by atoms with Crippen molar-refractivity contribution in [2.75, 3.05) is 13.1 Å². The summed E-state index contributed by atoms with van der Waals surface area (Å²) in [5, 5.41) is 9.90. The Bertz CT molecular complexity index is 372. The minimum Gasteiger partial charge on any atom is -0.391 e. The summed E-state index contributed by atoms with van der Waals surface area (Å²) in [5.74, 6) is -0.180. The second kappa shape index (κ2) is 4.04. The highest BCUT2D eigenvalue weighted by Crippen LogP contribution is 2.23. The highest BCUT2D eigenvalue weighted by atomic mass is 35.5. The molecule has 15 heavy (non-hydrogen) atoms. The Morgan fingerprint density at radius 2 is 2.33 bits per heavy atom. The number of nitrogens with zero attached hydrogens (tertiary/aromatic N) is 1. The number of aromatic amines is 1. The Kier molecular flexibility index (Phi) is 2.91. The SMILES string of the molecule is O=C(c1cc(Cl)c(Cl)[nH]1)N1CC[C@H](O)C1. The summed E-state index contributed by atoms with van der Waals surface area (Å²) in [6.07, 6.45) is 0.198. The van der Waals surface area contributed by atoms with Crippen LogP contribution < -0.4 is 0 Å². The van der Waals surface area contributed by atoms with Crippen molar-refractivity contribution < 1.29 is 9.90 Å². The van der Waals surface area contributed by atoms with E-state index in [0.717, 1.165) is 0 Å². The zero-order chi connectivity index (χ0) is 11.0. The lowest BCUT2D eigenvalue weighted by molar-refractivity contribution is 0.0760. The number of likely N-dealkylation sites (tertiary alicyclic amines) is 1. The van der Waals surface area contributed by atoms with Gasteiger partial charge in [-0.15, -0.1) is 0 Å². The van der Waals surface area contributed by atoms with Crippen molar-refractivity contribution in [1.29, 1.82) is 0 Å². The molecule has 1 saturated heterocycles. The fourth-order valence-electron chi connectivity index (χ4n) is 1.62. The van der Waals surface area contributed by atoms with E-state index in [1.54, 1.807) is 4.90 Å². The topological polar surface area (TPSA) is 56.3 Å². The first-order valence-electron chi connectivity index (χ1n) is 4.59. The second-order valence-corrected chi connectivity index (χ2v) is 4.32. The van der Waals surface area contributed by atoms with Crippen LogP contribution in [0.1, 0.15) is 16.9 Å². The van der Waals surface area contributed by atoms with Gasteiger partial charge in [0.15, 0.2) is 0 Å². The Labute approximate surface area is 96.8 Å². The molecule has 1 aromatic rings. The van der Waals surface area contributed by atoms with E-state index in [9.17, 15) is 9.90 Å². The van der Waals surface area contributed by atoms with Crippen LogP contribution in [0.3, 0.4) is 0 Å². The van der Waals surface area contributed by atoms with Crippen molar-refractivity contribution in [3.8, 4) is 0 Å². The number of nitrogens with one attached hydrogen (secondary N) is 1. The predicted octanol–water partition coefficient (Wildman–Crippen LogP) is 1.53. The summed E-state index contributed by atoms with van der Waals surface area (Å²) < 4.78 is 0. The average molecular weight is 249 g/mol.